The molecule has 4 aliphatic rings. The molecule has 1 aliphatic heterocycles. The molecular formula is C27H33N5O8. The van der Waals surface area contributed by atoms with Crippen LogP contribution in [0.15, 0.2) is 34.8 Å². The van der Waals surface area contributed by atoms with Crippen LogP contribution in [0.5, 0.6) is 5.75 Å². The Morgan fingerprint density at radius 1 is 1.20 bits per heavy atom. The van der Waals surface area contributed by atoms with Gasteiger partial charge in [0.2, 0.25) is 5.78 Å². The van der Waals surface area contributed by atoms with Crippen LogP contribution in [0.2, 0.25) is 0 Å². The van der Waals surface area contributed by atoms with Gasteiger partial charge in [0.25, 0.3) is 5.91 Å². The average molecular weight is 556 g/mol. The van der Waals surface area contributed by atoms with Crippen LogP contribution in [-0.4, -0.2) is 105 Å². The Labute approximate surface area is 229 Å². The highest BCUT2D eigenvalue weighted by molar-refractivity contribution is 6.25. The van der Waals surface area contributed by atoms with Gasteiger partial charge in [-0.15, -0.1) is 0 Å². The summed E-state index contributed by atoms with van der Waals surface area (Å²) in [5.41, 5.74) is 1.84. The zero-order chi connectivity index (χ0) is 29.3. The van der Waals surface area contributed by atoms with Crippen molar-refractivity contribution in [2.45, 2.75) is 37.5 Å². The largest absolute Gasteiger partial charge is 0.510 e. The molecule has 40 heavy (non-hydrogen) atoms. The summed E-state index contributed by atoms with van der Waals surface area (Å²) in [4.78, 5) is 55.2. The number of nitrogens with one attached hydrogen (secondary N) is 2. The van der Waals surface area contributed by atoms with Crippen molar-refractivity contribution < 1.29 is 39.6 Å². The lowest BCUT2D eigenvalue weighted by atomic mass is 9.58. The van der Waals surface area contributed by atoms with Crippen molar-refractivity contribution in [2.24, 2.45) is 17.6 Å². The number of aromatic hydroxyl groups is 1. The predicted octanol–water partition coefficient (Wildman–Crippen LogP) is -0.0538. The number of ketones is 2. The highest BCUT2D eigenvalue weighted by atomic mass is 16.3. The van der Waals surface area contributed by atoms with E-state index >= 15 is 0 Å². The van der Waals surface area contributed by atoms with E-state index in [0.717, 1.165) is 0 Å². The number of aliphatic hydroxyl groups is 3. The molecule has 1 aromatic carbocycles. The van der Waals surface area contributed by atoms with Crippen LogP contribution in [-0.2, 0) is 16.0 Å². The summed E-state index contributed by atoms with van der Waals surface area (Å²) in [6.07, 6.45) is 0.178. The minimum absolute atomic E-state index is 0.000455. The normalized spacial score (nSPS) is 30.2. The fourth-order valence-corrected chi connectivity index (χ4v) is 6.64. The molecule has 0 bridgehead atoms. The van der Waals surface area contributed by atoms with E-state index in [2.05, 4.69) is 10.6 Å². The molecule has 3 amide bonds. The molecule has 0 saturated carbocycles. The Kier molecular flexibility index (Phi) is 6.63. The molecule has 0 aromatic heterocycles. The summed E-state index contributed by atoms with van der Waals surface area (Å²) in [5, 5.41) is 50.8. The van der Waals surface area contributed by atoms with Gasteiger partial charge in [0, 0.05) is 37.2 Å². The molecule has 5 rings (SSSR count). The first-order chi connectivity index (χ1) is 18.8. The zero-order valence-corrected chi connectivity index (χ0v) is 22.4. The lowest BCUT2D eigenvalue weighted by molar-refractivity contribution is -0.148. The molecule has 0 spiro atoms. The second-order valence-electron chi connectivity index (χ2n) is 11.2. The van der Waals surface area contributed by atoms with Gasteiger partial charge in [-0.25, -0.2) is 4.79 Å². The summed E-state index contributed by atoms with van der Waals surface area (Å²) in [6.45, 7) is 3.47. The number of amides is 3. The molecule has 3 aliphatic carbocycles. The number of rotatable bonds is 3. The Morgan fingerprint density at radius 3 is 2.52 bits per heavy atom. The number of phenols is 1. The predicted molar refractivity (Wildman–Crippen MR) is 142 cm³/mol. The van der Waals surface area contributed by atoms with Gasteiger partial charge >= 0.3 is 6.03 Å². The lowest BCUT2D eigenvalue weighted by Crippen LogP contribution is -2.63. The number of hydrogen-bond donors (Lipinski definition) is 7. The van der Waals surface area contributed by atoms with Crippen molar-refractivity contribution >= 4 is 29.2 Å². The minimum Gasteiger partial charge on any atom is -0.510 e. The molecule has 1 heterocycles. The first kappa shape index (κ1) is 27.6. The molecule has 13 nitrogen and oxygen atoms in total. The van der Waals surface area contributed by atoms with Crippen LogP contribution < -0.4 is 16.4 Å². The van der Waals surface area contributed by atoms with Crippen LogP contribution in [0.25, 0.3) is 0 Å². The van der Waals surface area contributed by atoms with Gasteiger partial charge in [0.15, 0.2) is 17.1 Å². The van der Waals surface area contributed by atoms with Crippen molar-refractivity contribution in [2.75, 3.05) is 39.0 Å². The van der Waals surface area contributed by atoms with Crippen LogP contribution in [0, 0.1) is 11.8 Å². The van der Waals surface area contributed by atoms with E-state index in [1.165, 1.54) is 11.0 Å². The molecule has 1 fully saturated rings. The summed E-state index contributed by atoms with van der Waals surface area (Å²) in [7, 11) is 3.14. The van der Waals surface area contributed by atoms with Crippen molar-refractivity contribution in [3.05, 3.63) is 45.9 Å². The van der Waals surface area contributed by atoms with Gasteiger partial charge in [-0.2, -0.15) is 0 Å². The number of likely N-dealkylation sites (N-methyl/N-ethyl adjacent to an activating group) is 1. The third kappa shape index (κ3) is 3.95. The number of fused-ring (bicyclic) bond motifs is 3. The Balaban J connectivity index is 1.55. The van der Waals surface area contributed by atoms with Gasteiger partial charge in [0.05, 0.1) is 17.3 Å². The summed E-state index contributed by atoms with van der Waals surface area (Å²) in [6, 6.07) is 1.70. The number of urea groups is 1. The third-order valence-corrected chi connectivity index (χ3v) is 8.49. The minimum atomic E-state index is -2.70. The monoisotopic (exact) mass is 555 g/mol. The number of carbonyl (C=O) groups is 4. The molecule has 8 N–H and O–H groups in total. The van der Waals surface area contributed by atoms with Gasteiger partial charge in [0.1, 0.15) is 17.1 Å². The van der Waals surface area contributed by atoms with Crippen molar-refractivity contribution in [1.29, 1.82) is 0 Å². The zero-order valence-electron chi connectivity index (χ0n) is 22.4. The molecule has 1 aromatic rings. The van der Waals surface area contributed by atoms with E-state index in [-0.39, 0.29) is 35.7 Å². The van der Waals surface area contributed by atoms with Crippen molar-refractivity contribution in [3.8, 4) is 5.75 Å². The van der Waals surface area contributed by atoms with E-state index in [1.807, 2.05) is 6.92 Å². The van der Waals surface area contributed by atoms with Crippen LogP contribution in [0.3, 0.4) is 0 Å². The summed E-state index contributed by atoms with van der Waals surface area (Å²) < 4.78 is 0. The highest BCUT2D eigenvalue weighted by Crippen LogP contribution is 2.52. The standard InChI is InChI=1S/C27H33N5O8/c1-11-10-32(7-6-29-11)26(39)30-15-5-4-12-8-13-9-14-19(31(2)3)22(35)18(25(28)38)24(37)27(14,40)23(36)17(13)21(34)16(12)20(15)33/h4-5,11,13-14,19,29,33,35-36,40H,6-10H2,1-3H3,(H2,28,38)(H,30,39)/t11?,13?,14?,19-,27-/m0/s1. The van der Waals surface area contributed by atoms with E-state index in [1.54, 1.807) is 25.1 Å². The number of Topliss-reactive ketones (excluding diaryl/α,β-unsaturated/α-hetero) is 2. The molecule has 1 saturated heterocycles. The van der Waals surface area contributed by atoms with E-state index in [9.17, 15) is 39.6 Å². The maximum atomic E-state index is 13.8. The van der Waals surface area contributed by atoms with E-state index < -0.39 is 69.8 Å². The number of phenolic OH excluding ortho intramolecular Hbond substituents is 1. The molecule has 5 atom stereocenters. The fraction of sp³-hybridized carbons (Fsp3) is 0.481. The number of carbonyl (C=O) groups excluding carboxylic acids is 4. The van der Waals surface area contributed by atoms with Crippen molar-refractivity contribution in [3.63, 3.8) is 0 Å². The number of primary amides is 1. The Hall–Kier alpha value is -3.94. The fourth-order valence-electron chi connectivity index (χ4n) is 6.64. The maximum absolute atomic E-state index is 13.8. The number of hydrogen-bond acceptors (Lipinski definition) is 10. The smallest absolute Gasteiger partial charge is 0.322 e. The van der Waals surface area contributed by atoms with Crippen LogP contribution in [0.4, 0.5) is 10.5 Å². The number of allylic oxidation sites excluding steroid dienone is 1. The van der Waals surface area contributed by atoms with Gasteiger partial charge < -0.3 is 41.7 Å². The van der Waals surface area contributed by atoms with Crippen LogP contribution >= 0.6 is 0 Å². The van der Waals surface area contributed by atoms with Crippen molar-refractivity contribution in [1.82, 2.24) is 15.1 Å². The number of nitrogens with two attached hydrogens (primary N) is 1. The topological polar surface area (TPSA) is 206 Å². The summed E-state index contributed by atoms with van der Waals surface area (Å²) >= 11 is 0. The molecular weight excluding hydrogens is 522 g/mol. The highest BCUT2D eigenvalue weighted by Gasteiger charge is 2.63. The lowest BCUT2D eigenvalue weighted by Gasteiger charge is -2.50. The van der Waals surface area contributed by atoms with Gasteiger partial charge in [-0.3, -0.25) is 19.3 Å². The Morgan fingerprint density at radius 2 is 1.90 bits per heavy atom. The number of nitrogens with zero attached hydrogens (tertiary/aromatic N) is 2. The number of anilines is 1. The third-order valence-electron chi connectivity index (χ3n) is 8.49. The maximum Gasteiger partial charge on any atom is 0.322 e. The number of piperazine rings is 1. The van der Waals surface area contributed by atoms with Crippen LogP contribution in [0.1, 0.15) is 29.3 Å². The second-order valence-corrected chi connectivity index (χ2v) is 11.2. The first-order valence-electron chi connectivity index (χ1n) is 13.1. The molecule has 3 unspecified atom stereocenters. The summed E-state index contributed by atoms with van der Waals surface area (Å²) in [5.74, 6) is -7.18. The quantitative estimate of drug-likeness (QED) is 0.195. The number of aliphatic hydroxyl groups excluding tert-OH is 2. The SMILES string of the molecule is CC1CN(C(=O)Nc2ccc3c(c2O)C(=O)C2=C(O)[C@]4(O)C(=O)C(C(N)=O)=C(O)[C@@H](N(C)C)C4CC2C3)CCN1. The van der Waals surface area contributed by atoms with E-state index in [4.69, 9.17) is 5.73 Å². The number of benzene rings is 1. The van der Waals surface area contributed by atoms with Gasteiger partial charge in [-0.1, -0.05) is 6.07 Å². The molecule has 13 heteroatoms. The average Bonchev–Trinajstić information content (AvgIpc) is 2.87. The van der Waals surface area contributed by atoms with E-state index in [0.29, 0.717) is 25.2 Å². The molecule has 0 radical (unpaired) electrons. The molecule has 214 valence electrons. The van der Waals surface area contributed by atoms with Gasteiger partial charge in [-0.05, 0) is 51.4 Å². The first-order valence-corrected chi connectivity index (χ1v) is 13.1. The Bertz CT molecular complexity index is 1400. The second kappa shape index (κ2) is 9.61.